The topological polar surface area (TPSA) is 80.6 Å². The molecule has 212 valence electrons. The lowest BCUT2D eigenvalue weighted by Gasteiger charge is -2.33. The molecule has 0 unspecified atom stereocenters. The smallest absolute Gasteiger partial charge is 0.247 e. The number of hydrogen-bond donors (Lipinski definition) is 0. The first-order valence-corrected chi connectivity index (χ1v) is 13.6. The van der Waals surface area contributed by atoms with E-state index in [1.54, 1.807) is 48.6 Å². The van der Waals surface area contributed by atoms with E-state index in [0.29, 0.717) is 19.6 Å². The van der Waals surface area contributed by atoms with Crippen LogP contribution in [-0.2, 0) is 34.3 Å². The highest BCUT2D eigenvalue weighted by molar-refractivity contribution is 5.95. The summed E-state index contributed by atoms with van der Waals surface area (Å²) < 4.78 is 7.13. The molecule has 0 aliphatic heterocycles. The van der Waals surface area contributed by atoms with Gasteiger partial charge in [0.25, 0.3) is 0 Å². The van der Waals surface area contributed by atoms with Crippen molar-refractivity contribution in [3.63, 3.8) is 0 Å². The van der Waals surface area contributed by atoms with Crippen LogP contribution >= 0.6 is 0 Å². The summed E-state index contributed by atoms with van der Waals surface area (Å²) in [5.74, 6) is 0.453. The van der Waals surface area contributed by atoms with Crippen LogP contribution in [-0.4, -0.2) is 69.5 Å². The summed E-state index contributed by atoms with van der Waals surface area (Å²) in [6.07, 6.45) is 8.92. The van der Waals surface area contributed by atoms with E-state index < -0.39 is 6.04 Å². The van der Waals surface area contributed by atoms with Crippen LogP contribution in [0.2, 0.25) is 0 Å². The van der Waals surface area contributed by atoms with Gasteiger partial charge < -0.3 is 19.1 Å². The van der Waals surface area contributed by atoms with Crippen molar-refractivity contribution in [2.45, 2.75) is 25.9 Å². The number of ether oxygens (including phenoxy) is 1. The van der Waals surface area contributed by atoms with E-state index in [1.165, 1.54) is 6.08 Å². The fraction of sp³-hybridized carbons (Fsp3) is 0.273. The quantitative estimate of drug-likeness (QED) is 0.242. The Morgan fingerprint density at radius 3 is 2.29 bits per heavy atom. The molecular weight excluding hydrogens is 514 g/mol. The number of methoxy groups -OCH3 is 1. The molecule has 2 amide bonds. The number of nitrogens with zero attached hydrogens (tertiary/aromatic N) is 5. The van der Waals surface area contributed by atoms with Gasteiger partial charge >= 0.3 is 0 Å². The first-order valence-electron chi connectivity index (χ1n) is 13.6. The van der Waals surface area contributed by atoms with Gasteiger partial charge in [0.2, 0.25) is 11.8 Å². The zero-order valence-electron chi connectivity index (χ0n) is 24.1. The number of amides is 2. The molecule has 0 aliphatic rings. The van der Waals surface area contributed by atoms with Gasteiger partial charge in [-0.1, -0.05) is 54.6 Å². The van der Waals surface area contributed by atoms with Crippen molar-refractivity contribution in [2.24, 2.45) is 7.05 Å². The molecule has 41 heavy (non-hydrogen) atoms. The number of imidazole rings is 1. The first-order chi connectivity index (χ1) is 19.9. The first kappa shape index (κ1) is 29.4. The Hall–Kier alpha value is -4.56. The standard InChI is InChI=1S/C33H37N5O3/c1-25-35-23-30(37(25)3)14-15-32(39)38(24-27-10-12-28(13-11-27)29-16-18-34-19-17-29)31(22-26-8-6-5-7-9-26)33(40)36(2)20-21-41-4/h5-19,23,31H,20-22,24H2,1-4H3/t31-/m0/s1. The van der Waals surface area contributed by atoms with E-state index in [4.69, 9.17) is 4.74 Å². The monoisotopic (exact) mass is 551 g/mol. The maximum absolute atomic E-state index is 13.9. The van der Waals surface area contributed by atoms with Gasteiger partial charge in [-0.3, -0.25) is 14.6 Å². The molecule has 0 bridgehead atoms. The Morgan fingerprint density at radius 1 is 0.976 bits per heavy atom. The third-order valence-corrected chi connectivity index (χ3v) is 7.20. The Bertz CT molecular complexity index is 1450. The largest absolute Gasteiger partial charge is 0.383 e. The Kier molecular flexibility index (Phi) is 10.2. The average Bonchev–Trinajstić information content (AvgIpc) is 3.33. The van der Waals surface area contributed by atoms with E-state index in [-0.39, 0.29) is 18.4 Å². The van der Waals surface area contributed by atoms with Crippen LogP contribution in [0.25, 0.3) is 17.2 Å². The number of rotatable bonds is 12. The van der Waals surface area contributed by atoms with Crippen LogP contribution in [0, 0.1) is 6.92 Å². The molecule has 2 aromatic heterocycles. The number of aryl methyl sites for hydroxylation is 1. The van der Waals surface area contributed by atoms with E-state index in [1.807, 2.05) is 85.3 Å². The summed E-state index contributed by atoms with van der Waals surface area (Å²) in [5, 5.41) is 0. The van der Waals surface area contributed by atoms with Crippen molar-refractivity contribution in [1.29, 1.82) is 0 Å². The van der Waals surface area contributed by atoms with Crippen LogP contribution < -0.4 is 0 Å². The summed E-state index contributed by atoms with van der Waals surface area (Å²) in [6.45, 7) is 3.01. The molecular formula is C33H37N5O3. The second-order valence-corrected chi connectivity index (χ2v) is 9.98. The van der Waals surface area contributed by atoms with E-state index in [2.05, 4.69) is 9.97 Å². The highest BCUT2D eigenvalue weighted by atomic mass is 16.5. The number of carbonyl (C=O) groups excluding carboxylic acids is 2. The lowest BCUT2D eigenvalue weighted by Crippen LogP contribution is -2.51. The minimum Gasteiger partial charge on any atom is -0.383 e. The van der Waals surface area contributed by atoms with E-state index in [9.17, 15) is 9.59 Å². The number of likely N-dealkylation sites (N-methyl/N-ethyl adjacent to an activating group) is 1. The number of benzene rings is 2. The molecule has 0 fully saturated rings. The number of carbonyl (C=O) groups is 2. The molecule has 2 heterocycles. The molecule has 2 aromatic carbocycles. The van der Waals surface area contributed by atoms with Gasteiger partial charge in [0.1, 0.15) is 11.9 Å². The average molecular weight is 552 g/mol. The summed E-state index contributed by atoms with van der Waals surface area (Å²) in [7, 11) is 5.26. The van der Waals surface area contributed by atoms with Crippen molar-refractivity contribution in [3.05, 3.63) is 114 Å². The third-order valence-electron chi connectivity index (χ3n) is 7.20. The Morgan fingerprint density at radius 2 is 1.66 bits per heavy atom. The van der Waals surface area contributed by atoms with Crippen molar-refractivity contribution < 1.29 is 14.3 Å². The maximum atomic E-state index is 13.9. The molecule has 1 atom stereocenters. The minimum absolute atomic E-state index is 0.141. The van der Waals surface area contributed by atoms with Gasteiger partial charge in [-0.15, -0.1) is 0 Å². The van der Waals surface area contributed by atoms with Crippen LogP contribution in [0.5, 0.6) is 0 Å². The minimum atomic E-state index is -0.718. The molecule has 0 radical (unpaired) electrons. The summed E-state index contributed by atoms with van der Waals surface area (Å²) in [4.78, 5) is 39.5. The van der Waals surface area contributed by atoms with E-state index >= 15 is 0 Å². The van der Waals surface area contributed by atoms with Crippen LogP contribution in [0.15, 0.2) is 91.4 Å². The van der Waals surface area contributed by atoms with Crippen molar-refractivity contribution in [2.75, 3.05) is 27.3 Å². The number of aromatic nitrogens is 3. The molecule has 0 saturated carbocycles. The van der Waals surface area contributed by atoms with Crippen LogP contribution in [0.3, 0.4) is 0 Å². The second kappa shape index (κ2) is 14.2. The van der Waals surface area contributed by atoms with Gasteiger partial charge in [0, 0.05) is 59.2 Å². The van der Waals surface area contributed by atoms with Gasteiger partial charge in [-0.2, -0.15) is 0 Å². The molecule has 0 aliphatic carbocycles. The number of hydrogen-bond acceptors (Lipinski definition) is 5. The summed E-state index contributed by atoms with van der Waals surface area (Å²) in [5.41, 5.74) is 4.82. The zero-order chi connectivity index (χ0) is 29.2. The normalized spacial score (nSPS) is 11.9. The molecule has 0 N–H and O–H groups in total. The maximum Gasteiger partial charge on any atom is 0.247 e. The lowest BCUT2D eigenvalue weighted by atomic mass is 10.0. The van der Waals surface area contributed by atoms with Gasteiger partial charge in [0.15, 0.2) is 0 Å². The SMILES string of the molecule is COCCN(C)C(=O)[C@H](Cc1ccccc1)N(Cc1ccc(-c2ccncc2)cc1)C(=O)C=Cc1cnc(C)n1C. The zero-order valence-corrected chi connectivity index (χ0v) is 24.1. The third kappa shape index (κ3) is 7.77. The molecule has 0 spiro atoms. The second-order valence-electron chi connectivity index (χ2n) is 9.98. The van der Waals surface area contributed by atoms with Gasteiger partial charge in [-0.05, 0) is 47.4 Å². The molecule has 8 nitrogen and oxygen atoms in total. The van der Waals surface area contributed by atoms with Crippen molar-refractivity contribution in [1.82, 2.24) is 24.3 Å². The highest BCUT2D eigenvalue weighted by Crippen LogP contribution is 2.22. The molecule has 8 heteroatoms. The molecule has 0 saturated heterocycles. The predicted octanol–water partition coefficient (Wildman–Crippen LogP) is 4.55. The van der Waals surface area contributed by atoms with Crippen LogP contribution in [0.1, 0.15) is 22.6 Å². The van der Waals surface area contributed by atoms with Gasteiger partial charge in [-0.25, -0.2) is 4.98 Å². The number of pyridine rings is 1. The summed E-state index contributed by atoms with van der Waals surface area (Å²) in [6, 6.07) is 21.1. The molecule has 4 rings (SSSR count). The van der Waals surface area contributed by atoms with Gasteiger partial charge in [0.05, 0.1) is 18.5 Å². The van der Waals surface area contributed by atoms with E-state index in [0.717, 1.165) is 33.8 Å². The summed E-state index contributed by atoms with van der Waals surface area (Å²) >= 11 is 0. The van der Waals surface area contributed by atoms with Crippen molar-refractivity contribution in [3.8, 4) is 11.1 Å². The predicted molar refractivity (Wildman–Crippen MR) is 161 cm³/mol. The Balaban J connectivity index is 1.69. The molecule has 4 aromatic rings. The Labute approximate surface area is 241 Å². The lowest BCUT2D eigenvalue weighted by molar-refractivity contribution is -0.143. The fourth-order valence-corrected chi connectivity index (χ4v) is 4.57. The van der Waals surface area contributed by atoms with Crippen molar-refractivity contribution >= 4 is 17.9 Å². The highest BCUT2D eigenvalue weighted by Gasteiger charge is 2.31. The fourth-order valence-electron chi connectivity index (χ4n) is 4.57. The van der Waals surface area contributed by atoms with Crippen LogP contribution in [0.4, 0.5) is 0 Å².